The van der Waals surface area contributed by atoms with Gasteiger partial charge in [-0.25, -0.2) is 0 Å². The highest BCUT2D eigenvalue weighted by Gasteiger charge is 2.28. The molecule has 1 aliphatic rings. The molecule has 1 aliphatic heterocycles. The fourth-order valence-electron chi connectivity index (χ4n) is 2.07. The SMILES string of the molecule is CC1COCCN1C(=O)c1cc([N+](=O)[O-])cc(Cl)c1N. The molecule has 0 aromatic heterocycles. The Kier molecular flexibility index (Phi) is 4.10. The van der Waals surface area contributed by atoms with Crippen LogP contribution in [0.1, 0.15) is 17.3 Å². The summed E-state index contributed by atoms with van der Waals surface area (Å²) >= 11 is 5.86. The first-order valence-corrected chi connectivity index (χ1v) is 6.41. The minimum absolute atomic E-state index is 0.00321. The van der Waals surface area contributed by atoms with Crippen molar-refractivity contribution in [3.05, 3.63) is 32.8 Å². The third-order valence-electron chi connectivity index (χ3n) is 3.18. The summed E-state index contributed by atoms with van der Waals surface area (Å²) in [5.74, 6) is -0.371. The van der Waals surface area contributed by atoms with Crippen LogP contribution in [0.2, 0.25) is 5.02 Å². The van der Waals surface area contributed by atoms with Crippen molar-refractivity contribution in [2.24, 2.45) is 0 Å². The zero-order valence-corrected chi connectivity index (χ0v) is 11.6. The van der Waals surface area contributed by atoms with E-state index in [9.17, 15) is 14.9 Å². The van der Waals surface area contributed by atoms with E-state index in [2.05, 4.69) is 0 Å². The quantitative estimate of drug-likeness (QED) is 0.509. The molecule has 0 radical (unpaired) electrons. The van der Waals surface area contributed by atoms with Gasteiger partial charge in [0.25, 0.3) is 11.6 Å². The Hall–Kier alpha value is -1.86. The summed E-state index contributed by atoms with van der Waals surface area (Å²) in [5, 5.41) is 10.8. The molecule has 1 amide bonds. The summed E-state index contributed by atoms with van der Waals surface area (Å²) in [6.45, 7) is 3.11. The van der Waals surface area contributed by atoms with Gasteiger partial charge < -0.3 is 15.4 Å². The molecule has 1 saturated heterocycles. The van der Waals surface area contributed by atoms with E-state index in [1.165, 1.54) is 0 Å². The highest BCUT2D eigenvalue weighted by atomic mass is 35.5. The van der Waals surface area contributed by atoms with Crippen molar-refractivity contribution in [3.63, 3.8) is 0 Å². The predicted octanol–water partition coefficient (Wildman–Crippen LogP) is 1.69. The van der Waals surface area contributed by atoms with Gasteiger partial charge in [-0.2, -0.15) is 0 Å². The Morgan fingerprint density at radius 2 is 2.30 bits per heavy atom. The molecule has 2 rings (SSSR count). The average Bonchev–Trinajstić information content (AvgIpc) is 2.41. The summed E-state index contributed by atoms with van der Waals surface area (Å²) < 4.78 is 5.25. The first-order valence-electron chi connectivity index (χ1n) is 6.04. The monoisotopic (exact) mass is 299 g/mol. The predicted molar refractivity (Wildman–Crippen MR) is 73.8 cm³/mol. The summed E-state index contributed by atoms with van der Waals surface area (Å²) in [4.78, 5) is 24.3. The Balaban J connectivity index is 2.40. The molecule has 1 atom stereocenters. The second-order valence-electron chi connectivity index (χ2n) is 4.57. The third kappa shape index (κ3) is 2.68. The van der Waals surface area contributed by atoms with Gasteiger partial charge in [0.15, 0.2) is 0 Å². The van der Waals surface area contributed by atoms with E-state index in [-0.39, 0.29) is 33.9 Å². The van der Waals surface area contributed by atoms with E-state index in [0.717, 1.165) is 12.1 Å². The molecule has 0 saturated carbocycles. The van der Waals surface area contributed by atoms with Crippen molar-refractivity contribution in [3.8, 4) is 0 Å². The molecule has 1 heterocycles. The summed E-state index contributed by atoms with van der Waals surface area (Å²) in [7, 11) is 0. The first kappa shape index (κ1) is 14.5. The average molecular weight is 300 g/mol. The highest BCUT2D eigenvalue weighted by Crippen LogP contribution is 2.30. The molecule has 0 aliphatic carbocycles. The number of hydrogen-bond acceptors (Lipinski definition) is 5. The molecule has 0 spiro atoms. The van der Waals surface area contributed by atoms with Gasteiger partial charge in [0.05, 0.1) is 40.5 Å². The minimum atomic E-state index is -0.606. The van der Waals surface area contributed by atoms with Crippen LogP contribution in [0.4, 0.5) is 11.4 Å². The van der Waals surface area contributed by atoms with E-state index < -0.39 is 4.92 Å². The number of non-ortho nitro benzene ring substituents is 1. The number of rotatable bonds is 2. The fourth-order valence-corrected chi connectivity index (χ4v) is 2.28. The largest absolute Gasteiger partial charge is 0.397 e. The van der Waals surface area contributed by atoms with Crippen LogP contribution < -0.4 is 5.73 Å². The maximum Gasteiger partial charge on any atom is 0.271 e. The molecule has 1 unspecified atom stereocenters. The number of morpholine rings is 1. The molecule has 1 fully saturated rings. The van der Waals surface area contributed by atoms with Gasteiger partial charge >= 0.3 is 0 Å². The zero-order valence-electron chi connectivity index (χ0n) is 10.8. The number of ether oxygens (including phenoxy) is 1. The van der Waals surface area contributed by atoms with Crippen LogP contribution in [0.5, 0.6) is 0 Å². The summed E-state index contributed by atoms with van der Waals surface area (Å²) in [5.41, 5.74) is 5.63. The Labute approximate surface area is 120 Å². The van der Waals surface area contributed by atoms with Gasteiger partial charge in [-0.05, 0) is 6.92 Å². The minimum Gasteiger partial charge on any atom is -0.397 e. The van der Waals surface area contributed by atoms with E-state index in [0.29, 0.717) is 19.8 Å². The van der Waals surface area contributed by atoms with Crippen molar-refractivity contribution < 1.29 is 14.5 Å². The lowest BCUT2D eigenvalue weighted by atomic mass is 10.1. The number of amides is 1. The lowest BCUT2D eigenvalue weighted by Gasteiger charge is -2.33. The maximum atomic E-state index is 12.5. The summed E-state index contributed by atoms with van der Waals surface area (Å²) in [6, 6.07) is 2.18. The van der Waals surface area contributed by atoms with Crippen LogP contribution in [0.3, 0.4) is 0 Å². The standard InChI is InChI=1S/C12H14ClN3O4/c1-7-6-20-3-2-15(7)12(17)9-4-8(16(18)19)5-10(13)11(9)14/h4-5,7H,2-3,6,14H2,1H3. The van der Waals surface area contributed by atoms with Crippen LogP contribution in [0.15, 0.2) is 12.1 Å². The van der Waals surface area contributed by atoms with Crippen molar-refractivity contribution in [1.29, 1.82) is 0 Å². The van der Waals surface area contributed by atoms with Gasteiger partial charge in [-0.1, -0.05) is 11.6 Å². The molecule has 20 heavy (non-hydrogen) atoms. The molecular formula is C12H14ClN3O4. The Morgan fingerprint density at radius 1 is 1.60 bits per heavy atom. The zero-order chi connectivity index (χ0) is 14.9. The van der Waals surface area contributed by atoms with Crippen molar-refractivity contribution in [2.45, 2.75) is 13.0 Å². The number of carbonyl (C=O) groups excluding carboxylic acids is 1. The third-order valence-corrected chi connectivity index (χ3v) is 3.50. The topological polar surface area (TPSA) is 98.7 Å². The van der Waals surface area contributed by atoms with Gasteiger partial charge in [0, 0.05) is 18.7 Å². The molecule has 8 heteroatoms. The fraction of sp³-hybridized carbons (Fsp3) is 0.417. The number of carbonyl (C=O) groups is 1. The molecule has 1 aromatic rings. The second kappa shape index (κ2) is 5.64. The second-order valence-corrected chi connectivity index (χ2v) is 4.98. The van der Waals surface area contributed by atoms with Gasteiger partial charge in [0.1, 0.15) is 0 Å². The molecule has 1 aromatic carbocycles. The number of anilines is 1. The molecule has 2 N–H and O–H groups in total. The number of nitrogen functional groups attached to an aromatic ring is 1. The van der Waals surface area contributed by atoms with Gasteiger partial charge in [-0.3, -0.25) is 14.9 Å². The molecular weight excluding hydrogens is 286 g/mol. The van der Waals surface area contributed by atoms with E-state index >= 15 is 0 Å². The lowest BCUT2D eigenvalue weighted by Crippen LogP contribution is -2.47. The molecule has 108 valence electrons. The number of benzene rings is 1. The van der Waals surface area contributed by atoms with Gasteiger partial charge in [0.2, 0.25) is 0 Å². The van der Waals surface area contributed by atoms with E-state index in [1.54, 1.807) is 4.90 Å². The highest BCUT2D eigenvalue weighted by molar-refractivity contribution is 6.34. The number of nitrogens with zero attached hydrogens (tertiary/aromatic N) is 2. The Morgan fingerprint density at radius 3 is 2.90 bits per heavy atom. The maximum absolute atomic E-state index is 12.5. The number of nitro groups is 1. The van der Waals surface area contributed by atoms with E-state index in [4.69, 9.17) is 22.1 Å². The Bertz CT molecular complexity index is 564. The first-order chi connectivity index (χ1) is 9.41. The van der Waals surface area contributed by atoms with Crippen molar-refractivity contribution in [2.75, 3.05) is 25.5 Å². The number of halogens is 1. The number of nitrogens with two attached hydrogens (primary N) is 1. The van der Waals surface area contributed by atoms with E-state index in [1.807, 2.05) is 6.92 Å². The number of hydrogen-bond donors (Lipinski definition) is 1. The molecule has 0 bridgehead atoms. The smallest absolute Gasteiger partial charge is 0.271 e. The van der Waals surface area contributed by atoms with Gasteiger partial charge in [-0.15, -0.1) is 0 Å². The van der Waals surface area contributed by atoms with Crippen LogP contribution in [0, 0.1) is 10.1 Å². The lowest BCUT2D eigenvalue weighted by molar-refractivity contribution is -0.384. The van der Waals surface area contributed by atoms with Crippen LogP contribution >= 0.6 is 11.6 Å². The van der Waals surface area contributed by atoms with Crippen molar-refractivity contribution >= 4 is 28.9 Å². The summed E-state index contributed by atoms with van der Waals surface area (Å²) in [6.07, 6.45) is 0. The molecule has 7 nitrogen and oxygen atoms in total. The van der Waals surface area contributed by atoms with Crippen LogP contribution in [-0.4, -0.2) is 41.5 Å². The van der Waals surface area contributed by atoms with Crippen LogP contribution in [0.25, 0.3) is 0 Å². The number of nitro benzene ring substituents is 1. The van der Waals surface area contributed by atoms with Crippen LogP contribution in [-0.2, 0) is 4.74 Å². The van der Waals surface area contributed by atoms with Crippen molar-refractivity contribution in [1.82, 2.24) is 4.90 Å². The normalized spacial score (nSPS) is 18.9.